The number of carbonyl (C=O) groups is 1. The van der Waals surface area contributed by atoms with Gasteiger partial charge >= 0.3 is 0 Å². The van der Waals surface area contributed by atoms with Crippen LogP contribution in [0.1, 0.15) is 31.2 Å². The summed E-state index contributed by atoms with van der Waals surface area (Å²) in [4.78, 5) is 14.5. The molecule has 4 heteroatoms. The maximum atomic E-state index is 12.1. The zero-order chi connectivity index (χ0) is 14.8. The number of hydrogen-bond donors (Lipinski definition) is 2. The molecule has 3 rings (SSSR count). The predicted octanol–water partition coefficient (Wildman–Crippen LogP) is 2.64. The summed E-state index contributed by atoms with van der Waals surface area (Å²) in [5.74, 6) is 1.89. The van der Waals surface area contributed by atoms with Gasteiger partial charge in [0.15, 0.2) is 0 Å². The van der Waals surface area contributed by atoms with E-state index in [4.69, 9.17) is 5.73 Å². The van der Waals surface area contributed by atoms with E-state index in [0.29, 0.717) is 6.42 Å². The molecule has 0 spiro atoms. The summed E-state index contributed by atoms with van der Waals surface area (Å²) >= 11 is 0. The highest BCUT2D eigenvalue weighted by Crippen LogP contribution is 2.37. The Morgan fingerprint density at radius 3 is 2.71 bits per heavy atom. The fourth-order valence-corrected chi connectivity index (χ4v) is 3.81. The zero-order valence-corrected chi connectivity index (χ0v) is 12.8. The molecule has 1 aromatic carbocycles. The number of aryl methyl sites for hydroxylation is 1. The Labute approximate surface area is 126 Å². The maximum Gasteiger partial charge on any atom is 0.225 e. The van der Waals surface area contributed by atoms with E-state index in [9.17, 15) is 4.79 Å². The van der Waals surface area contributed by atoms with Gasteiger partial charge < -0.3 is 16.0 Å². The van der Waals surface area contributed by atoms with Crippen molar-refractivity contribution in [1.82, 2.24) is 4.90 Å². The SMILES string of the molecule is Cc1cc(N)ccc1NC(=O)CCN1CC2CCCC2C1. The van der Waals surface area contributed by atoms with Crippen molar-refractivity contribution in [2.45, 2.75) is 32.6 Å². The van der Waals surface area contributed by atoms with E-state index in [1.165, 1.54) is 32.4 Å². The van der Waals surface area contributed by atoms with Crippen molar-refractivity contribution < 1.29 is 4.79 Å². The van der Waals surface area contributed by atoms with Gasteiger partial charge in [-0.1, -0.05) is 6.42 Å². The summed E-state index contributed by atoms with van der Waals surface area (Å²) in [6.07, 6.45) is 4.75. The van der Waals surface area contributed by atoms with E-state index in [-0.39, 0.29) is 5.91 Å². The van der Waals surface area contributed by atoms with Crippen molar-refractivity contribution >= 4 is 17.3 Å². The number of benzene rings is 1. The number of nitrogens with one attached hydrogen (secondary N) is 1. The third-order valence-corrected chi connectivity index (χ3v) is 4.98. The highest BCUT2D eigenvalue weighted by atomic mass is 16.1. The predicted molar refractivity (Wildman–Crippen MR) is 86.1 cm³/mol. The second-order valence-corrected chi connectivity index (χ2v) is 6.58. The van der Waals surface area contributed by atoms with Gasteiger partial charge in [-0.15, -0.1) is 0 Å². The Morgan fingerprint density at radius 1 is 1.33 bits per heavy atom. The normalized spacial score (nSPS) is 25.0. The highest BCUT2D eigenvalue weighted by Gasteiger charge is 2.35. The highest BCUT2D eigenvalue weighted by molar-refractivity contribution is 5.91. The monoisotopic (exact) mass is 287 g/mol. The second-order valence-electron chi connectivity index (χ2n) is 6.58. The Balaban J connectivity index is 1.46. The molecule has 1 aliphatic carbocycles. The Kier molecular flexibility index (Phi) is 4.15. The molecule has 2 unspecified atom stereocenters. The van der Waals surface area contributed by atoms with Gasteiger partial charge in [-0.3, -0.25) is 4.79 Å². The average molecular weight is 287 g/mol. The van der Waals surface area contributed by atoms with Crippen LogP contribution in [0, 0.1) is 18.8 Å². The number of likely N-dealkylation sites (tertiary alicyclic amines) is 1. The van der Waals surface area contributed by atoms with Crippen molar-refractivity contribution in [3.63, 3.8) is 0 Å². The molecule has 1 amide bonds. The lowest BCUT2D eigenvalue weighted by Gasteiger charge is -2.16. The topological polar surface area (TPSA) is 58.4 Å². The van der Waals surface area contributed by atoms with Gasteiger partial charge in [0.1, 0.15) is 0 Å². The first-order chi connectivity index (χ1) is 10.1. The molecule has 1 aliphatic heterocycles. The minimum atomic E-state index is 0.0972. The third-order valence-electron chi connectivity index (χ3n) is 4.98. The number of nitrogens with two attached hydrogens (primary N) is 1. The number of anilines is 2. The molecule has 2 atom stereocenters. The van der Waals surface area contributed by atoms with E-state index < -0.39 is 0 Å². The van der Waals surface area contributed by atoms with Crippen LogP contribution < -0.4 is 11.1 Å². The van der Waals surface area contributed by atoms with E-state index in [1.807, 2.05) is 25.1 Å². The molecule has 114 valence electrons. The minimum Gasteiger partial charge on any atom is -0.399 e. The largest absolute Gasteiger partial charge is 0.399 e. The van der Waals surface area contributed by atoms with Crippen LogP contribution in [0.15, 0.2) is 18.2 Å². The lowest BCUT2D eigenvalue weighted by molar-refractivity contribution is -0.116. The minimum absolute atomic E-state index is 0.0972. The van der Waals surface area contributed by atoms with Crippen LogP contribution in [-0.2, 0) is 4.79 Å². The van der Waals surface area contributed by atoms with Crippen molar-refractivity contribution in [2.24, 2.45) is 11.8 Å². The molecule has 0 aromatic heterocycles. The standard InChI is InChI=1S/C17H25N3O/c1-12-9-15(18)5-6-16(12)19-17(21)7-8-20-10-13-3-2-4-14(13)11-20/h5-6,9,13-14H,2-4,7-8,10-11,18H2,1H3,(H,19,21). The average Bonchev–Trinajstić information content (AvgIpc) is 3.00. The third kappa shape index (κ3) is 3.38. The molecular weight excluding hydrogens is 262 g/mol. The van der Waals surface area contributed by atoms with Crippen LogP contribution in [0.3, 0.4) is 0 Å². The van der Waals surface area contributed by atoms with Crippen LogP contribution >= 0.6 is 0 Å². The molecular formula is C17H25N3O. The molecule has 2 aliphatic rings. The van der Waals surface area contributed by atoms with E-state index in [2.05, 4.69) is 10.2 Å². The molecule has 1 heterocycles. The van der Waals surface area contributed by atoms with Crippen molar-refractivity contribution in [1.29, 1.82) is 0 Å². The van der Waals surface area contributed by atoms with Crippen molar-refractivity contribution in [2.75, 3.05) is 30.7 Å². The van der Waals surface area contributed by atoms with Gasteiger partial charge in [-0.05, 0) is 55.4 Å². The number of fused-ring (bicyclic) bond motifs is 1. The van der Waals surface area contributed by atoms with Crippen LogP contribution in [0.25, 0.3) is 0 Å². The summed E-state index contributed by atoms with van der Waals surface area (Å²) in [5.41, 5.74) is 8.34. The first kappa shape index (κ1) is 14.4. The lowest BCUT2D eigenvalue weighted by Crippen LogP contribution is -2.26. The van der Waals surface area contributed by atoms with Gasteiger partial charge in [0, 0.05) is 37.4 Å². The Bertz CT molecular complexity index is 517. The van der Waals surface area contributed by atoms with Crippen LogP contribution in [0.5, 0.6) is 0 Å². The van der Waals surface area contributed by atoms with Crippen molar-refractivity contribution in [3.05, 3.63) is 23.8 Å². The fraction of sp³-hybridized carbons (Fsp3) is 0.588. The Morgan fingerprint density at radius 2 is 2.05 bits per heavy atom. The molecule has 0 radical (unpaired) electrons. The maximum absolute atomic E-state index is 12.1. The smallest absolute Gasteiger partial charge is 0.225 e. The number of amides is 1. The number of rotatable bonds is 4. The zero-order valence-electron chi connectivity index (χ0n) is 12.8. The number of hydrogen-bond acceptors (Lipinski definition) is 3. The molecule has 1 saturated heterocycles. The van der Waals surface area contributed by atoms with Crippen LogP contribution in [0.2, 0.25) is 0 Å². The van der Waals surface area contributed by atoms with Gasteiger partial charge in [0.25, 0.3) is 0 Å². The molecule has 21 heavy (non-hydrogen) atoms. The van der Waals surface area contributed by atoms with E-state index in [0.717, 1.165) is 35.3 Å². The summed E-state index contributed by atoms with van der Waals surface area (Å²) in [6, 6.07) is 5.59. The fourth-order valence-electron chi connectivity index (χ4n) is 3.81. The number of carbonyl (C=O) groups excluding carboxylic acids is 1. The van der Waals surface area contributed by atoms with Gasteiger partial charge in [0.2, 0.25) is 5.91 Å². The lowest BCUT2D eigenvalue weighted by atomic mass is 10.0. The first-order valence-electron chi connectivity index (χ1n) is 8.00. The molecule has 4 nitrogen and oxygen atoms in total. The summed E-state index contributed by atoms with van der Waals surface area (Å²) in [5, 5.41) is 2.99. The van der Waals surface area contributed by atoms with E-state index in [1.54, 1.807) is 0 Å². The van der Waals surface area contributed by atoms with Gasteiger partial charge in [-0.25, -0.2) is 0 Å². The quantitative estimate of drug-likeness (QED) is 0.837. The van der Waals surface area contributed by atoms with Gasteiger partial charge in [-0.2, -0.15) is 0 Å². The van der Waals surface area contributed by atoms with Crippen molar-refractivity contribution in [3.8, 4) is 0 Å². The van der Waals surface area contributed by atoms with Crippen LogP contribution in [-0.4, -0.2) is 30.4 Å². The number of nitrogens with zero attached hydrogens (tertiary/aromatic N) is 1. The molecule has 2 fully saturated rings. The molecule has 1 saturated carbocycles. The van der Waals surface area contributed by atoms with Crippen LogP contribution in [0.4, 0.5) is 11.4 Å². The second kappa shape index (κ2) is 6.06. The molecule has 0 bridgehead atoms. The van der Waals surface area contributed by atoms with Gasteiger partial charge in [0.05, 0.1) is 0 Å². The first-order valence-corrected chi connectivity index (χ1v) is 8.00. The number of nitrogen functional groups attached to an aromatic ring is 1. The summed E-state index contributed by atoms with van der Waals surface area (Å²) in [6.45, 7) is 5.23. The molecule has 1 aromatic rings. The summed E-state index contributed by atoms with van der Waals surface area (Å²) in [7, 11) is 0. The summed E-state index contributed by atoms with van der Waals surface area (Å²) < 4.78 is 0. The van der Waals surface area contributed by atoms with E-state index >= 15 is 0 Å². The Hall–Kier alpha value is -1.55. The molecule has 3 N–H and O–H groups in total.